The lowest BCUT2D eigenvalue weighted by molar-refractivity contribution is 0.215. The molecule has 3 N–H and O–H groups in total. The molecule has 8 heteroatoms. The van der Waals surface area contributed by atoms with Crippen molar-refractivity contribution in [1.29, 1.82) is 0 Å². The highest BCUT2D eigenvalue weighted by Crippen LogP contribution is 2.31. The van der Waals surface area contributed by atoms with Gasteiger partial charge in [-0.2, -0.15) is 4.37 Å². The molecule has 2 heterocycles. The number of nitrogens with one attached hydrogen (secondary N) is 1. The molecule has 0 aliphatic carbocycles. The lowest BCUT2D eigenvalue weighted by Gasteiger charge is -2.28. The Hall–Kier alpha value is -0.860. The zero-order valence-electron chi connectivity index (χ0n) is 11.9. The fraction of sp³-hybridized carbons (Fsp3) is 0.750. The van der Waals surface area contributed by atoms with Crippen molar-refractivity contribution in [2.75, 3.05) is 44.0 Å². The Bertz CT molecular complexity index is 548. The maximum Gasteiger partial charge on any atom is 0.182 e. The first-order chi connectivity index (χ1) is 9.38. The molecule has 0 amide bonds. The summed E-state index contributed by atoms with van der Waals surface area (Å²) in [6.07, 6.45) is 4.63. The lowest BCUT2D eigenvalue weighted by Crippen LogP contribution is -2.30. The van der Waals surface area contributed by atoms with Gasteiger partial charge < -0.3 is 16.0 Å². The zero-order chi connectivity index (χ0) is 14.8. The summed E-state index contributed by atoms with van der Waals surface area (Å²) in [4.78, 5) is 2.49. The first-order valence-corrected chi connectivity index (χ1v) is 9.42. The van der Waals surface area contributed by atoms with E-state index in [1.165, 1.54) is 12.8 Å². The van der Waals surface area contributed by atoms with Crippen LogP contribution in [0.1, 0.15) is 19.3 Å². The second-order valence-electron chi connectivity index (χ2n) is 5.46. The normalized spacial score (nSPS) is 18.3. The van der Waals surface area contributed by atoms with Crippen LogP contribution in [0.3, 0.4) is 0 Å². The molecule has 0 bridgehead atoms. The summed E-state index contributed by atoms with van der Waals surface area (Å²) in [7, 11) is -1.18. The molecule has 20 heavy (non-hydrogen) atoms. The number of hydrogen-bond donors (Lipinski definition) is 2. The molecule has 114 valence electrons. The standard InChI is InChI=1S/C12H22N4O2S2/c1-16-7-4-9(5-8-16)3-6-14-12-10(20(2,17)18)11(13)15-19-12/h9,14H,3-8H2,1-2H3,(H2,13,15). The summed E-state index contributed by atoms with van der Waals surface area (Å²) in [5.74, 6) is 0.810. The minimum atomic E-state index is -3.33. The van der Waals surface area contributed by atoms with E-state index in [-0.39, 0.29) is 10.7 Å². The minimum absolute atomic E-state index is 0.0966. The van der Waals surface area contributed by atoms with Crippen molar-refractivity contribution in [1.82, 2.24) is 9.27 Å². The summed E-state index contributed by atoms with van der Waals surface area (Å²) < 4.78 is 27.3. The quantitative estimate of drug-likeness (QED) is 0.850. The van der Waals surface area contributed by atoms with E-state index in [1.54, 1.807) is 0 Å². The zero-order valence-corrected chi connectivity index (χ0v) is 13.6. The van der Waals surface area contributed by atoms with E-state index < -0.39 is 9.84 Å². The number of hydrogen-bond acceptors (Lipinski definition) is 7. The molecule has 6 nitrogen and oxygen atoms in total. The summed E-state index contributed by atoms with van der Waals surface area (Å²) in [6.45, 7) is 3.05. The summed E-state index contributed by atoms with van der Waals surface area (Å²) in [6, 6.07) is 0. The Morgan fingerprint density at radius 1 is 1.45 bits per heavy atom. The lowest BCUT2D eigenvalue weighted by atomic mass is 9.94. The van der Waals surface area contributed by atoms with E-state index in [0.717, 1.165) is 43.8 Å². The SMILES string of the molecule is CN1CCC(CCNc2snc(N)c2S(C)(=O)=O)CC1. The van der Waals surface area contributed by atoms with E-state index in [2.05, 4.69) is 21.6 Å². The Balaban J connectivity index is 1.89. The first-order valence-electron chi connectivity index (χ1n) is 6.75. The average molecular weight is 318 g/mol. The molecule has 2 rings (SSSR count). The molecule has 1 saturated heterocycles. The number of nitrogen functional groups attached to an aromatic ring is 1. The van der Waals surface area contributed by atoms with Gasteiger partial charge in [-0.1, -0.05) is 0 Å². The minimum Gasteiger partial charge on any atom is -0.382 e. The van der Waals surface area contributed by atoms with Crippen molar-refractivity contribution in [3.05, 3.63) is 0 Å². The predicted octanol–water partition coefficient (Wildman–Crippen LogP) is 1.27. The number of aromatic nitrogens is 1. The van der Waals surface area contributed by atoms with Gasteiger partial charge in [0.05, 0.1) is 0 Å². The Kier molecular flexibility index (Phi) is 4.87. The fourth-order valence-electron chi connectivity index (χ4n) is 2.51. The van der Waals surface area contributed by atoms with Crippen LogP contribution in [0.25, 0.3) is 0 Å². The molecular weight excluding hydrogens is 296 g/mol. The Labute approximate surface area is 124 Å². The van der Waals surface area contributed by atoms with Crippen LogP contribution in [0, 0.1) is 5.92 Å². The van der Waals surface area contributed by atoms with Crippen LogP contribution in [0.4, 0.5) is 10.8 Å². The number of likely N-dealkylation sites (tertiary alicyclic amines) is 1. The molecule has 1 aromatic heterocycles. The molecule has 1 fully saturated rings. The van der Waals surface area contributed by atoms with Gasteiger partial charge in [0.25, 0.3) is 0 Å². The number of sulfone groups is 1. The van der Waals surface area contributed by atoms with E-state index in [1.807, 2.05) is 0 Å². The van der Waals surface area contributed by atoms with Gasteiger partial charge in [-0.25, -0.2) is 8.42 Å². The van der Waals surface area contributed by atoms with Gasteiger partial charge in [-0.15, -0.1) is 0 Å². The predicted molar refractivity (Wildman–Crippen MR) is 83.0 cm³/mol. The number of nitrogens with two attached hydrogens (primary N) is 1. The molecule has 1 aromatic rings. The number of anilines is 2. The summed E-state index contributed by atoms with van der Waals surface area (Å²) >= 11 is 1.12. The van der Waals surface area contributed by atoms with Gasteiger partial charge in [0.2, 0.25) is 0 Å². The molecule has 0 atom stereocenters. The van der Waals surface area contributed by atoms with Crippen LogP contribution in [0.2, 0.25) is 0 Å². The molecular formula is C12H22N4O2S2. The number of piperidine rings is 1. The van der Waals surface area contributed by atoms with E-state index in [4.69, 9.17) is 5.73 Å². The molecule has 0 aromatic carbocycles. The van der Waals surface area contributed by atoms with E-state index in [0.29, 0.717) is 10.9 Å². The van der Waals surface area contributed by atoms with Crippen LogP contribution in [-0.2, 0) is 9.84 Å². The van der Waals surface area contributed by atoms with Gasteiger partial charge >= 0.3 is 0 Å². The second kappa shape index (κ2) is 6.28. The highest BCUT2D eigenvalue weighted by Gasteiger charge is 2.21. The molecule has 1 aliphatic rings. The molecule has 0 radical (unpaired) electrons. The van der Waals surface area contributed by atoms with Crippen LogP contribution < -0.4 is 11.1 Å². The Morgan fingerprint density at radius 3 is 2.70 bits per heavy atom. The van der Waals surface area contributed by atoms with Gasteiger partial charge in [0, 0.05) is 12.8 Å². The second-order valence-corrected chi connectivity index (χ2v) is 8.19. The third-order valence-electron chi connectivity index (χ3n) is 3.72. The smallest absolute Gasteiger partial charge is 0.182 e. The maximum absolute atomic E-state index is 11.7. The third kappa shape index (κ3) is 3.83. The number of nitrogens with zero attached hydrogens (tertiary/aromatic N) is 2. The van der Waals surface area contributed by atoms with Gasteiger partial charge in [-0.05, 0) is 56.9 Å². The van der Waals surface area contributed by atoms with E-state index >= 15 is 0 Å². The van der Waals surface area contributed by atoms with Crippen LogP contribution in [0.15, 0.2) is 4.90 Å². The molecule has 0 spiro atoms. The largest absolute Gasteiger partial charge is 0.382 e. The monoisotopic (exact) mass is 318 g/mol. The van der Waals surface area contributed by atoms with Crippen molar-refractivity contribution >= 4 is 32.2 Å². The summed E-state index contributed by atoms with van der Waals surface area (Å²) in [5.41, 5.74) is 5.63. The third-order valence-corrected chi connectivity index (χ3v) is 5.82. The van der Waals surface area contributed by atoms with E-state index in [9.17, 15) is 8.42 Å². The van der Waals surface area contributed by atoms with Crippen LogP contribution in [-0.4, -0.2) is 50.6 Å². The molecule has 0 unspecified atom stereocenters. The highest BCUT2D eigenvalue weighted by atomic mass is 32.2. The van der Waals surface area contributed by atoms with Crippen molar-refractivity contribution in [3.63, 3.8) is 0 Å². The Morgan fingerprint density at radius 2 is 2.10 bits per heavy atom. The maximum atomic E-state index is 11.7. The van der Waals surface area contributed by atoms with Crippen molar-refractivity contribution in [2.24, 2.45) is 5.92 Å². The van der Waals surface area contributed by atoms with Gasteiger partial charge in [0.1, 0.15) is 9.90 Å². The van der Waals surface area contributed by atoms with Crippen molar-refractivity contribution < 1.29 is 8.42 Å². The first kappa shape index (κ1) is 15.5. The van der Waals surface area contributed by atoms with Crippen molar-refractivity contribution in [2.45, 2.75) is 24.2 Å². The van der Waals surface area contributed by atoms with Gasteiger partial charge in [-0.3, -0.25) is 0 Å². The molecule has 1 aliphatic heterocycles. The fourth-order valence-corrected chi connectivity index (χ4v) is 4.60. The molecule has 0 saturated carbocycles. The van der Waals surface area contributed by atoms with Crippen LogP contribution >= 0.6 is 11.5 Å². The summed E-state index contributed by atoms with van der Waals surface area (Å²) in [5, 5.41) is 3.75. The van der Waals surface area contributed by atoms with Gasteiger partial charge in [0.15, 0.2) is 15.7 Å². The number of rotatable bonds is 5. The average Bonchev–Trinajstić information content (AvgIpc) is 2.73. The highest BCUT2D eigenvalue weighted by molar-refractivity contribution is 7.91. The van der Waals surface area contributed by atoms with Crippen molar-refractivity contribution in [3.8, 4) is 0 Å². The topological polar surface area (TPSA) is 88.3 Å². The van der Waals surface area contributed by atoms with Crippen LogP contribution in [0.5, 0.6) is 0 Å².